The van der Waals surface area contributed by atoms with Gasteiger partial charge in [0.05, 0.1) is 25.4 Å². The first-order chi connectivity index (χ1) is 23.8. The van der Waals surface area contributed by atoms with Crippen molar-refractivity contribution >= 4 is 5.91 Å². The van der Waals surface area contributed by atoms with Gasteiger partial charge in [0.25, 0.3) is 0 Å². The highest BCUT2D eigenvalue weighted by Crippen LogP contribution is 2.22. The number of nitrogens with one attached hydrogen (secondary N) is 1. The fourth-order valence-corrected chi connectivity index (χ4v) is 6.51. The summed E-state index contributed by atoms with van der Waals surface area (Å²) in [7, 11) is 0. The summed E-state index contributed by atoms with van der Waals surface area (Å²) in [5.41, 5.74) is 0. The molecule has 0 aliphatic carbocycles. The van der Waals surface area contributed by atoms with Crippen molar-refractivity contribution in [1.29, 1.82) is 0 Å². The fourth-order valence-electron chi connectivity index (χ4n) is 6.51. The molecule has 6 N–H and O–H groups in total. The summed E-state index contributed by atoms with van der Waals surface area (Å²) in [4.78, 5) is 12.9. The topological polar surface area (TPSA) is 149 Å². The smallest absolute Gasteiger partial charge is 0.220 e. The second-order valence-corrected chi connectivity index (χ2v) is 14.4. The molecular formula is C40H77NO8. The molecule has 1 saturated heterocycles. The summed E-state index contributed by atoms with van der Waals surface area (Å²) in [6, 6.07) is -0.796. The molecule has 0 aromatic rings. The molecule has 0 radical (unpaired) electrons. The van der Waals surface area contributed by atoms with Crippen LogP contribution in [0.5, 0.6) is 0 Å². The second kappa shape index (κ2) is 31.6. The number of aliphatic hydroxyl groups excluding tert-OH is 5. The van der Waals surface area contributed by atoms with Crippen molar-refractivity contribution in [3.8, 4) is 0 Å². The number of carbonyl (C=O) groups excluding carboxylic acids is 1. The van der Waals surface area contributed by atoms with E-state index in [-0.39, 0.29) is 12.5 Å². The molecule has 0 spiro atoms. The van der Waals surface area contributed by atoms with Crippen LogP contribution in [0.2, 0.25) is 0 Å². The van der Waals surface area contributed by atoms with Gasteiger partial charge in [0.1, 0.15) is 24.4 Å². The zero-order valence-corrected chi connectivity index (χ0v) is 31.5. The fraction of sp³-hybridized carbons (Fsp3) is 0.925. The molecule has 1 aliphatic rings. The van der Waals surface area contributed by atoms with Crippen LogP contribution in [0.3, 0.4) is 0 Å². The molecule has 0 aromatic carbocycles. The van der Waals surface area contributed by atoms with Gasteiger partial charge in [-0.3, -0.25) is 4.79 Å². The number of hydrogen-bond acceptors (Lipinski definition) is 8. The number of allylic oxidation sites excluding steroid dienone is 1. The first kappa shape index (κ1) is 46.0. The molecule has 1 rings (SSSR count). The number of unbranched alkanes of at least 4 members (excludes halogenated alkanes) is 23. The maximum absolute atomic E-state index is 12.9. The first-order valence-corrected chi connectivity index (χ1v) is 20.4. The third kappa shape index (κ3) is 23.2. The van der Waals surface area contributed by atoms with E-state index in [0.29, 0.717) is 6.42 Å². The van der Waals surface area contributed by atoms with Crippen molar-refractivity contribution in [2.45, 2.75) is 224 Å². The van der Waals surface area contributed by atoms with Crippen LogP contribution in [0.1, 0.15) is 181 Å². The van der Waals surface area contributed by atoms with E-state index in [1.54, 1.807) is 6.08 Å². The summed E-state index contributed by atoms with van der Waals surface area (Å²) >= 11 is 0. The monoisotopic (exact) mass is 700 g/mol. The Labute approximate surface area is 299 Å². The third-order valence-electron chi connectivity index (χ3n) is 9.86. The lowest BCUT2D eigenvalue weighted by Crippen LogP contribution is -2.60. The van der Waals surface area contributed by atoms with Crippen LogP contribution in [-0.4, -0.2) is 87.5 Å². The predicted molar refractivity (Wildman–Crippen MR) is 198 cm³/mol. The van der Waals surface area contributed by atoms with Gasteiger partial charge >= 0.3 is 0 Å². The Morgan fingerprint density at radius 1 is 0.673 bits per heavy atom. The van der Waals surface area contributed by atoms with E-state index in [9.17, 15) is 30.3 Å². The van der Waals surface area contributed by atoms with Crippen LogP contribution in [0.4, 0.5) is 0 Å². The Morgan fingerprint density at radius 3 is 1.59 bits per heavy atom. The quantitative estimate of drug-likeness (QED) is 0.0307. The van der Waals surface area contributed by atoms with E-state index in [2.05, 4.69) is 19.2 Å². The van der Waals surface area contributed by atoms with E-state index < -0.39 is 49.5 Å². The van der Waals surface area contributed by atoms with Crippen LogP contribution in [0, 0.1) is 0 Å². The molecule has 1 heterocycles. The van der Waals surface area contributed by atoms with Crippen molar-refractivity contribution in [3.05, 3.63) is 12.2 Å². The van der Waals surface area contributed by atoms with E-state index in [0.717, 1.165) is 38.5 Å². The van der Waals surface area contributed by atoms with Crippen LogP contribution < -0.4 is 5.32 Å². The summed E-state index contributed by atoms with van der Waals surface area (Å²) in [5.74, 6) is -0.178. The maximum Gasteiger partial charge on any atom is 0.220 e. The van der Waals surface area contributed by atoms with Gasteiger partial charge < -0.3 is 40.3 Å². The highest BCUT2D eigenvalue weighted by atomic mass is 16.7. The first-order valence-electron chi connectivity index (χ1n) is 20.4. The molecule has 1 aliphatic heterocycles. The third-order valence-corrected chi connectivity index (χ3v) is 9.86. The minimum atomic E-state index is -1.56. The predicted octanol–water partition coefficient (Wildman–Crippen LogP) is 7.39. The zero-order chi connectivity index (χ0) is 36.0. The zero-order valence-electron chi connectivity index (χ0n) is 31.5. The molecule has 290 valence electrons. The van der Waals surface area contributed by atoms with Gasteiger partial charge in [-0.2, -0.15) is 0 Å². The van der Waals surface area contributed by atoms with Crippen LogP contribution in [-0.2, 0) is 14.3 Å². The summed E-state index contributed by atoms with van der Waals surface area (Å²) in [5, 5.41) is 53.9. The van der Waals surface area contributed by atoms with Gasteiger partial charge in [0.2, 0.25) is 5.91 Å². The number of ether oxygens (including phenoxy) is 2. The minimum absolute atomic E-state index is 0.178. The summed E-state index contributed by atoms with van der Waals surface area (Å²) in [6.45, 7) is 3.75. The standard InChI is InChI=1S/C40H77NO8/c1-3-5-7-9-11-13-15-17-19-21-23-25-27-29-34(43)33(32-48-40-39(47)38(46)37(45)35(31-42)49-40)41-36(44)30-28-26-24-22-20-18-16-14-12-10-8-6-4-2/h27,29,33-35,37-40,42-43,45-47H,3-26,28,30-32H2,1-2H3,(H,41,44)/b29-27+/t33-,34+,35?,37?,38?,39?,40?/m1/s1. The molecule has 9 nitrogen and oxygen atoms in total. The van der Waals surface area contributed by atoms with Gasteiger partial charge in [-0.1, -0.05) is 167 Å². The van der Waals surface area contributed by atoms with Crippen molar-refractivity contribution in [3.63, 3.8) is 0 Å². The summed E-state index contributed by atoms with van der Waals surface area (Å²) in [6.07, 6.45) is 26.7. The van der Waals surface area contributed by atoms with Gasteiger partial charge in [-0.05, 0) is 19.3 Å². The van der Waals surface area contributed by atoms with E-state index in [1.807, 2.05) is 6.08 Å². The van der Waals surface area contributed by atoms with Crippen molar-refractivity contribution < 1.29 is 39.8 Å². The molecule has 0 aromatic heterocycles. The largest absolute Gasteiger partial charge is 0.394 e. The summed E-state index contributed by atoms with van der Waals surface area (Å²) < 4.78 is 11.2. The van der Waals surface area contributed by atoms with Crippen LogP contribution in [0.25, 0.3) is 0 Å². The molecule has 0 saturated carbocycles. The lowest BCUT2D eigenvalue weighted by Gasteiger charge is -2.40. The van der Waals surface area contributed by atoms with Gasteiger partial charge in [-0.15, -0.1) is 0 Å². The average molecular weight is 700 g/mol. The number of carbonyl (C=O) groups is 1. The normalized spacial score (nSPS) is 22.5. The number of aliphatic hydroxyl groups is 5. The second-order valence-electron chi connectivity index (χ2n) is 14.4. The highest BCUT2D eigenvalue weighted by Gasteiger charge is 2.44. The molecule has 1 amide bonds. The van der Waals surface area contributed by atoms with Gasteiger partial charge in [0.15, 0.2) is 6.29 Å². The maximum atomic E-state index is 12.9. The van der Waals surface area contributed by atoms with E-state index in [1.165, 1.54) is 122 Å². The Kier molecular flexibility index (Phi) is 29.7. The number of rotatable bonds is 33. The van der Waals surface area contributed by atoms with E-state index in [4.69, 9.17) is 9.47 Å². The van der Waals surface area contributed by atoms with Crippen LogP contribution >= 0.6 is 0 Å². The molecule has 9 heteroatoms. The molecule has 5 unspecified atom stereocenters. The molecular weight excluding hydrogens is 622 g/mol. The molecule has 49 heavy (non-hydrogen) atoms. The van der Waals surface area contributed by atoms with Crippen molar-refractivity contribution in [2.75, 3.05) is 13.2 Å². The van der Waals surface area contributed by atoms with Crippen LogP contribution in [0.15, 0.2) is 12.2 Å². The van der Waals surface area contributed by atoms with Gasteiger partial charge in [0, 0.05) is 6.42 Å². The highest BCUT2D eigenvalue weighted by molar-refractivity contribution is 5.76. The molecule has 7 atom stereocenters. The van der Waals surface area contributed by atoms with E-state index >= 15 is 0 Å². The average Bonchev–Trinajstić information content (AvgIpc) is 3.10. The minimum Gasteiger partial charge on any atom is -0.394 e. The Hall–Kier alpha value is -1.07. The number of amides is 1. The lowest BCUT2D eigenvalue weighted by molar-refractivity contribution is -0.302. The SMILES string of the molecule is CCCCCCCCCCCCC/C=C/[C@H](O)[C@@H](COC1OC(CO)C(O)C(O)C1O)NC(=O)CCCCCCCCCCCCCCC. The van der Waals surface area contributed by atoms with Crippen molar-refractivity contribution in [1.82, 2.24) is 5.32 Å². The Bertz CT molecular complexity index is 781. The molecule has 1 fully saturated rings. The van der Waals surface area contributed by atoms with Crippen molar-refractivity contribution in [2.24, 2.45) is 0 Å². The Balaban J connectivity index is 2.43. The lowest BCUT2D eigenvalue weighted by atomic mass is 9.99. The number of hydrogen-bond donors (Lipinski definition) is 6. The molecule has 0 bridgehead atoms. The Morgan fingerprint density at radius 2 is 1.12 bits per heavy atom. The van der Waals surface area contributed by atoms with Gasteiger partial charge in [-0.25, -0.2) is 0 Å².